The van der Waals surface area contributed by atoms with Crippen molar-refractivity contribution in [2.24, 2.45) is 5.73 Å². The standard InChI is InChI=1S/C13H19Cl2N3O2/c1-13(2,3)20-12(19)17-7-8(6-16)9-4-5-10(14)18-11(9)15/h4-5,8H,6-7,16H2,1-3H3,(H,17,19). The summed E-state index contributed by atoms with van der Waals surface area (Å²) in [6.45, 7) is 6.03. The number of ether oxygens (including phenoxy) is 1. The molecular weight excluding hydrogens is 301 g/mol. The molecule has 0 saturated heterocycles. The summed E-state index contributed by atoms with van der Waals surface area (Å²) in [5.74, 6) is -0.153. The van der Waals surface area contributed by atoms with E-state index >= 15 is 0 Å². The number of pyridine rings is 1. The van der Waals surface area contributed by atoms with Crippen molar-refractivity contribution >= 4 is 29.3 Å². The van der Waals surface area contributed by atoms with Gasteiger partial charge in [0.15, 0.2) is 0 Å². The van der Waals surface area contributed by atoms with Crippen molar-refractivity contribution in [1.29, 1.82) is 0 Å². The van der Waals surface area contributed by atoms with Gasteiger partial charge in [-0.3, -0.25) is 0 Å². The fraction of sp³-hybridized carbons (Fsp3) is 0.538. The minimum atomic E-state index is -0.540. The van der Waals surface area contributed by atoms with Gasteiger partial charge in [0, 0.05) is 19.0 Å². The lowest BCUT2D eigenvalue weighted by Gasteiger charge is -2.22. The maximum atomic E-state index is 11.6. The van der Waals surface area contributed by atoms with Crippen LogP contribution < -0.4 is 11.1 Å². The molecule has 1 unspecified atom stereocenters. The van der Waals surface area contributed by atoms with Gasteiger partial charge in [-0.05, 0) is 32.4 Å². The molecule has 0 aliphatic carbocycles. The summed E-state index contributed by atoms with van der Waals surface area (Å²) in [4.78, 5) is 15.6. The van der Waals surface area contributed by atoms with Crippen molar-refractivity contribution in [1.82, 2.24) is 10.3 Å². The molecule has 0 spiro atoms. The first kappa shape index (κ1) is 17.0. The number of rotatable bonds is 4. The van der Waals surface area contributed by atoms with Crippen LogP contribution in [-0.4, -0.2) is 29.8 Å². The molecule has 0 radical (unpaired) electrons. The minimum Gasteiger partial charge on any atom is -0.444 e. The van der Waals surface area contributed by atoms with E-state index < -0.39 is 11.7 Å². The molecule has 1 aromatic rings. The van der Waals surface area contributed by atoms with Gasteiger partial charge < -0.3 is 15.8 Å². The Labute approximate surface area is 128 Å². The smallest absolute Gasteiger partial charge is 0.407 e. The number of carbonyl (C=O) groups excluding carboxylic acids is 1. The monoisotopic (exact) mass is 319 g/mol. The topological polar surface area (TPSA) is 77.2 Å². The molecule has 1 atom stereocenters. The highest BCUT2D eigenvalue weighted by atomic mass is 35.5. The van der Waals surface area contributed by atoms with Gasteiger partial charge in [-0.25, -0.2) is 9.78 Å². The van der Waals surface area contributed by atoms with Gasteiger partial charge in [0.2, 0.25) is 0 Å². The number of halogens is 2. The average Bonchev–Trinajstić information content (AvgIpc) is 2.29. The summed E-state index contributed by atoms with van der Waals surface area (Å²) in [5, 5.41) is 3.28. The number of carbonyl (C=O) groups is 1. The molecular formula is C13H19Cl2N3O2. The van der Waals surface area contributed by atoms with E-state index in [2.05, 4.69) is 10.3 Å². The maximum Gasteiger partial charge on any atom is 0.407 e. The number of aromatic nitrogens is 1. The second-order valence-electron chi connectivity index (χ2n) is 5.33. The van der Waals surface area contributed by atoms with Crippen LogP contribution >= 0.6 is 23.2 Å². The summed E-state index contributed by atoms with van der Waals surface area (Å²) < 4.78 is 5.16. The van der Waals surface area contributed by atoms with Gasteiger partial charge in [-0.2, -0.15) is 0 Å². The third kappa shape index (κ3) is 5.53. The highest BCUT2D eigenvalue weighted by Crippen LogP contribution is 2.23. The Kier molecular flexibility index (Phi) is 6.05. The summed E-state index contributed by atoms with van der Waals surface area (Å²) >= 11 is 11.8. The van der Waals surface area contributed by atoms with Crippen LogP contribution in [0.2, 0.25) is 10.3 Å². The fourth-order valence-electron chi connectivity index (χ4n) is 1.57. The van der Waals surface area contributed by atoms with Crippen LogP contribution in [0.3, 0.4) is 0 Å². The molecule has 20 heavy (non-hydrogen) atoms. The van der Waals surface area contributed by atoms with Crippen molar-refractivity contribution in [3.8, 4) is 0 Å². The maximum absolute atomic E-state index is 11.6. The van der Waals surface area contributed by atoms with Crippen LogP contribution in [0.4, 0.5) is 4.79 Å². The van der Waals surface area contributed by atoms with Crippen LogP contribution in [0.1, 0.15) is 32.3 Å². The highest BCUT2D eigenvalue weighted by Gasteiger charge is 2.19. The van der Waals surface area contributed by atoms with Gasteiger partial charge >= 0.3 is 6.09 Å². The third-order valence-electron chi connectivity index (χ3n) is 2.46. The third-order valence-corrected chi connectivity index (χ3v) is 2.97. The van der Waals surface area contributed by atoms with Crippen molar-refractivity contribution in [2.45, 2.75) is 32.3 Å². The quantitative estimate of drug-likeness (QED) is 0.836. The first-order chi connectivity index (χ1) is 9.23. The molecule has 0 aromatic carbocycles. The van der Waals surface area contributed by atoms with Gasteiger partial charge in [0.1, 0.15) is 15.9 Å². The van der Waals surface area contributed by atoms with Crippen molar-refractivity contribution in [2.75, 3.05) is 13.1 Å². The zero-order valence-electron chi connectivity index (χ0n) is 11.7. The van der Waals surface area contributed by atoms with Gasteiger partial charge in [0.05, 0.1) is 0 Å². The SMILES string of the molecule is CC(C)(C)OC(=O)NCC(CN)c1ccc(Cl)nc1Cl. The molecule has 112 valence electrons. The zero-order chi connectivity index (χ0) is 15.3. The summed E-state index contributed by atoms with van der Waals surface area (Å²) in [7, 11) is 0. The van der Waals surface area contributed by atoms with Crippen molar-refractivity contribution in [3.05, 3.63) is 28.0 Å². The van der Waals surface area contributed by atoms with E-state index in [1.54, 1.807) is 32.9 Å². The largest absolute Gasteiger partial charge is 0.444 e. The molecule has 0 aliphatic rings. The summed E-state index contributed by atoms with van der Waals surface area (Å²) in [6.07, 6.45) is -0.492. The second-order valence-corrected chi connectivity index (χ2v) is 6.07. The van der Waals surface area contributed by atoms with E-state index in [-0.39, 0.29) is 5.92 Å². The van der Waals surface area contributed by atoms with Crippen molar-refractivity contribution in [3.63, 3.8) is 0 Å². The number of nitrogens with zero attached hydrogens (tertiary/aromatic N) is 1. The zero-order valence-corrected chi connectivity index (χ0v) is 13.3. The lowest BCUT2D eigenvalue weighted by Crippen LogP contribution is -2.36. The Morgan fingerprint density at radius 2 is 2.10 bits per heavy atom. The second kappa shape index (κ2) is 7.11. The van der Waals surface area contributed by atoms with Crippen LogP contribution in [0.25, 0.3) is 0 Å². The normalized spacial score (nSPS) is 12.9. The molecule has 5 nitrogen and oxygen atoms in total. The Morgan fingerprint density at radius 1 is 1.45 bits per heavy atom. The Morgan fingerprint density at radius 3 is 2.60 bits per heavy atom. The van der Waals surface area contributed by atoms with E-state index in [4.69, 9.17) is 33.7 Å². The molecule has 3 N–H and O–H groups in total. The number of amides is 1. The fourth-order valence-corrected chi connectivity index (χ4v) is 2.07. The lowest BCUT2D eigenvalue weighted by atomic mass is 10.0. The van der Waals surface area contributed by atoms with Gasteiger partial charge in [-0.15, -0.1) is 0 Å². The van der Waals surface area contributed by atoms with E-state index in [0.717, 1.165) is 5.56 Å². The molecule has 1 aromatic heterocycles. The van der Waals surface area contributed by atoms with E-state index in [9.17, 15) is 4.79 Å². The van der Waals surface area contributed by atoms with E-state index in [0.29, 0.717) is 23.4 Å². The summed E-state index contributed by atoms with van der Waals surface area (Å²) in [5.41, 5.74) is 5.92. The predicted molar refractivity (Wildman–Crippen MR) is 80.3 cm³/mol. The number of nitrogens with two attached hydrogens (primary N) is 1. The first-order valence-electron chi connectivity index (χ1n) is 6.22. The van der Waals surface area contributed by atoms with Gasteiger partial charge in [-0.1, -0.05) is 29.3 Å². The Bertz CT molecular complexity index is 475. The number of hydrogen-bond donors (Lipinski definition) is 2. The van der Waals surface area contributed by atoms with Crippen LogP contribution in [0, 0.1) is 0 Å². The Balaban J connectivity index is 2.66. The summed E-state index contributed by atoms with van der Waals surface area (Å²) in [6, 6.07) is 3.39. The molecule has 0 aliphatic heterocycles. The van der Waals surface area contributed by atoms with Crippen LogP contribution in [-0.2, 0) is 4.74 Å². The molecule has 0 fully saturated rings. The molecule has 1 heterocycles. The molecule has 0 bridgehead atoms. The van der Waals surface area contributed by atoms with E-state index in [1.165, 1.54) is 0 Å². The lowest BCUT2D eigenvalue weighted by molar-refractivity contribution is 0.0525. The minimum absolute atomic E-state index is 0.153. The molecule has 7 heteroatoms. The van der Waals surface area contributed by atoms with Crippen molar-refractivity contribution < 1.29 is 9.53 Å². The van der Waals surface area contributed by atoms with Gasteiger partial charge in [0.25, 0.3) is 0 Å². The first-order valence-corrected chi connectivity index (χ1v) is 6.97. The van der Waals surface area contributed by atoms with Crippen LogP contribution in [0.15, 0.2) is 12.1 Å². The average molecular weight is 320 g/mol. The molecule has 0 saturated carbocycles. The molecule has 1 rings (SSSR count). The predicted octanol–water partition coefficient (Wildman–Crippen LogP) is 2.96. The number of alkyl carbamates (subject to hydrolysis) is 1. The Hall–Kier alpha value is -1.04. The van der Waals surface area contributed by atoms with Crippen LogP contribution in [0.5, 0.6) is 0 Å². The molecule has 1 amide bonds. The van der Waals surface area contributed by atoms with E-state index in [1.807, 2.05) is 0 Å². The number of nitrogens with one attached hydrogen (secondary N) is 1. The highest BCUT2D eigenvalue weighted by molar-refractivity contribution is 6.32. The number of hydrogen-bond acceptors (Lipinski definition) is 4.